The summed E-state index contributed by atoms with van der Waals surface area (Å²) in [5.74, 6) is -3.62. The van der Waals surface area contributed by atoms with E-state index in [0.717, 1.165) is 0 Å². The van der Waals surface area contributed by atoms with Crippen molar-refractivity contribution in [1.29, 1.82) is 0 Å². The van der Waals surface area contributed by atoms with Crippen molar-refractivity contribution in [3.05, 3.63) is 56.3 Å². The number of aliphatic carboxylic acids is 1. The van der Waals surface area contributed by atoms with Crippen molar-refractivity contribution in [1.82, 2.24) is 5.32 Å². The van der Waals surface area contributed by atoms with Gasteiger partial charge < -0.3 is 19.9 Å². The Morgan fingerprint density at radius 3 is 2.41 bits per heavy atom. The summed E-state index contributed by atoms with van der Waals surface area (Å²) >= 11 is 12.5. The van der Waals surface area contributed by atoms with Crippen LogP contribution in [0.2, 0.25) is 10.0 Å². The minimum atomic E-state index is -1.24. The van der Waals surface area contributed by atoms with Crippen molar-refractivity contribution >= 4 is 41.1 Å². The zero-order chi connectivity index (χ0) is 21.9. The minimum Gasteiger partial charge on any atom is -0.478 e. The smallest absolute Gasteiger partial charge is 0.337 e. The number of allylic oxidation sites excluding steroid dienone is 1. The molecule has 0 bridgehead atoms. The number of carbonyl (C=O) groups excluding carboxylic acids is 2. The highest BCUT2D eigenvalue weighted by Crippen LogP contribution is 2.43. The lowest BCUT2D eigenvalue weighted by atomic mass is 9.80. The Labute approximate surface area is 178 Å². The lowest BCUT2D eigenvalue weighted by Crippen LogP contribution is -2.35. The van der Waals surface area contributed by atoms with Crippen LogP contribution >= 0.6 is 23.2 Å². The normalized spacial score (nSPS) is 16.6. The Bertz CT molecular complexity index is 920. The van der Waals surface area contributed by atoms with Crippen LogP contribution in [0.1, 0.15) is 39.2 Å². The molecule has 1 aromatic carbocycles. The van der Waals surface area contributed by atoms with E-state index in [2.05, 4.69) is 5.32 Å². The highest BCUT2D eigenvalue weighted by molar-refractivity contribution is 6.42. The predicted octanol–water partition coefficient (Wildman–Crippen LogP) is 3.81. The number of nitrogens with one attached hydrogen (secondary N) is 1. The van der Waals surface area contributed by atoms with Crippen LogP contribution in [-0.4, -0.2) is 35.7 Å². The molecule has 9 heteroatoms. The van der Waals surface area contributed by atoms with E-state index in [9.17, 15) is 19.5 Å². The van der Waals surface area contributed by atoms with Crippen LogP contribution in [0, 0.1) is 0 Å². The molecule has 0 aromatic heterocycles. The maximum absolute atomic E-state index is 13.0. The zero-order valence-corrected chi connectivity index (χ0v) is 17.9. The first-order valence-corrected chi connectivity index (χ1v) is 9.52. The van der Waals surface area contributed by atoms with Crippen molar-refractivity contribution < 1.29 is 29.0 Å². The molecule has 2 N–H and O–H groups in total. The van der Waals surface area contributed by atoms with Crippen LogP contribution in [-0.2, 0) is 23.9 Å². The molecule has 0 aliphatic carbocycles. The molecule has 0 spiro atoms. The SMILES string of the molecule is CC(=O)OCC1=C(C(=O)OC(C)C)C(c2cccc(Cl)c2Cl)C(C(=O)O)=C(C)N1. The number of carboxylic acids is 1. The standard InChI is InChI=1S/C20H21Cl2NO6/c1-9(2)29-20(27)17-14(8-28-11(4)24)23-10(3)15(19(25)26)16(17)12-6-5-7-13(21)18(12)22/h5-7,9,16,23H,8H2,1-4H3,(H,25,26). The molecule has 156 valence electrons. The van der Waals surface area contributed by atoms with Crippen LogP contribution < -0.4 is 5.32 Å². The largest absolute Gasteiger partial charge is 0.478 e. The molecule has 29 heavy (non-hydrogen) atoms. The number of carbonyl (C=O) groups is 3. The minimum absolute atomic E-state index is 0.00730. The Morgan fingerprint density at radius 2 is 1.86 bits per heavy atom. The Morgan fingerprint density at radius 1 is 1.21 bits per heavy atom. The highest BCUT2D eigenvalue weighted by Gasteiger charge is 2.40. The van der Waals surface area contributed by atoms with E-state index in [4.69, 9.17) is 32.7 Å². The van der Waals surface area contributed by atoms with E-state index in [0.29, 0.717) is 5.56 Å². The molecule has 2 rings (SSSR count). The molecule has 7 nitrogen and oxygen atoms in total. The molecular weight excluding hydrogens is 421 g/mol. The molecule has 0 saturated carbocycles. The second-order valence-electron chi connectivity index (χ2n) is 6.67. The van der Waals surface area contributed by atoms with E-state index >= 15 is 0 Å². The van der Waals surface area contributed by atoms with Gasteiger partial charge in [0.25, 0.3) is 0 Å². The van der Waals surface area contributed by atoms with Gasteiger partial charge in [0.15, 0.2) is 0 Å². The van der Waals surface area contributed by atoms with Crippen molar-refractivity contribution in [2.75, 3.05) is 6.61 Å². The van der Waals surface area contributed by atoms with Crippen molar-refractivity contribution in [2.24, 2.45) is 0 Å². The molecule has 0 saturated heterocycles. The molecule has 0 fully saturated rings. The topological polar surface area (TPSA) is 102 Å². The highest BCUT2D eigenvalue weighted by atomic mass is 35.5. The van der Waals surface area contributed by atoms with Gasteiger partial charge in [0, 0.05) is 12.6 Å². The summed E-state index contributed by atoms with van der Waals surface area (Å²) in [6.45, 7) is 5.85. The number of carboxylic acid groups (broad SMARTS) is 1. The maximum atomic E-state index is 13.0. The maximum Gasteiger partial charge on any atom is 0.337 e. The Kier molecular flexibility index (Phi) is 7.32. The molecule has 1 aliphatic rings. The van der Waals surface area contributed by atoms with Gasteiger partial charge in [-0.3, -0.25) is 4.79 Å². The summed E-state index contributed by atoms with van der Waals surface area (Å²) in [6.07, 6.45) is -0.458. The summed E-state index contributed by atoms with van der Waals surface area (Å²) in [5.41, 5.74) is 0.730. The van der Waals surface area contributed by atoms with Gasteiger partial charge in [0.1, 0.15) is 6.61 Å². The number of hydrogen-bond acceptors (Lipinski definition) is 6. The van der Waals surface area contributed by atoms with Gasteiger partial charge in [-0.1, -0.05) is 35.3 Å². The molecule has 1 aliphatic heterocycles. The van der Waals surface area contributed by atoms with Crippen molar-refractivity contribution in [3.8, 4) is 0 Å². The third kappa shape index (κ3) is 5.10. The first-order valence-electron chi connectivity index (χ1n) is 8.76. The number of esters is 2. The third-order valence-corrected chi connectivity index (χ3v) is 4.98. The Hall–Kier alpha value is -2.51. The lowest BCUT2D eigenvalue weighted by Gasteiger charge is -2.31. The van der Waals surface area contributed by atoms with Gasteiger partial charge in [-0.2, -0.15) is 0 Å². The van der Waals surface area contributed by atoms with Crippen molar-refractivity contribution in [2.45, 2.75) is 39.7 Å². The van der Waals surface area contributed by atoms with Gasteiger partial charge in [-0.25, -0.2) is 9.59 Å². The average molecular weight is 442 g/mol. The number of hydrogen-bond donors (Lipinski definition) is 2. The molecule has 1 atom stereocenters. The van der Waals surface area contributed by atoms with E-state index in [-0.39, 0.29) is 39.2 Å². The first-order chi connectivity index (χ1) is 13.5. The fourth-order valence-corrected chi connectivity index (χ4v) is 3.46. The lowest BCUT2D eigenvalue weighted by molar-refractivity contribution is -0.144. The number of rotatable bonds is 6. The number of dihydropyridines is 1. The quantitative estimate of drug-likeness (QED) is 0.646. The molecular formula is C20H21Cl2NO6. The number of ether oxygens (including phenoxy) is 2. The first kappa shape index (κ1) is 22.8. The molecule has 1 heterocycles. The van der Waals surface area contributed by atoms with Gasteiger partial charge >= 0.3 is 17.9 Å². The molecule has 1 unspecified atom stereocenters. The fraction of sp³-hybridized carbons (Fsp3) is 0.350. The van der Waals surface area contributed by atoms with Crippen LogP contribution in [0.4, 0.5) is 0 Å². The van der Waals surface area contributed by atoms with Gasteiger partial charge in [-0.05, 0) is 32.4 Å². The zero-order valence-electron chi connectivity index (χ0n) is 16.3. The van der Waals surface area contributed by atoms with Crippen LogP contribution in [0.5, 0.6) is 0 Å². The average Bonchev–Trinajstić information content (AvgIpc) is 2.60. The molecule has 1 aromatic rings. The monoisotopic (exact) mass is 441 g/mol. The summed E-state index contributed by atoms with van der Waals surface area (Å²) in [5, 5.41) is 13.0. The second kappa shape index (κ2) is 9.33. The van der Waals surface area contributed by atoms with Crippen molar-refractivity contribution in [3.63, 3.8) is 0 Å². The second-order valence-corrected chi connectivity index (χ2v) is 7.46. The summed E-state index contributed by atoms with van der Waals surface area (Å²) in [6, 6.07) is 4.76. The van der Waals surface area contributed by atoms with Gasteiger partial charge in [0.2, 0.25) is 0 Å². The fourth-order valence-electron chi connectivity index (χ4n) is 3.04. The summed E-state index contributed by atoms with van der Waals surface area (Å²) in [7, 11) is 0. The summed E-state index contributed by atoms with van der Waals surface area (Å²) < 4.78 is 10.4. The third-order valence-electron chi connectivity index (χ3n) is 4.15. The summed E-state index contributed by atoms with van der Waals surface area (Å²) in [4.78, 5) is 36.4. The van der Waals surface area contributed by atoms with Gasteiger partial charge in [0.05, 0.1) is 38.9 Å². The molecule has 0 amide bonds. The van der Waals surface area contributed by atoms with E-state index in [1.54, 1.807) is 39.0 Å². The Balaban J connectivity index is 2.76. The van der Waals surface area contributed by atoms with E-state index < -0.39 is 29.9 Å². The van der Waals surface area contributed by atoms with E-state index in [1.807, 2.05) is 0 Å². The van der Waals surface area contributed by atoms with Crippen LogP contribution in [0.3, 0.4) is 0 Å². The number of benzene rings is 1. The van der Waals surface area contributed by atoms with E-state index in [1.165, 1.54) is 6.92 Å². The van der Waals surface area contributed by atoms with Gasteiger partial charge in [-0.15, -0.1) is 0 Å². The number of halogens is 2. The molecule has 0 radical (unpaired) electrons. The van der Waals surface area contributed by atoms with Crippen LogP contribution in [0.25, 0.3) is 0 Å². The predicted molar refractivity (Wildman–Crippen MR) is 108 cm³/mol. The van der Waals surface area contributed by atoms with Crippen LogP contribution in [0.15, 0.2) is 40.7 Å².